The Kier molecular flexibility index (Phi) is 5.11. The number of benzene rings is 2. The fraction of sp³-hybridized carbons (Fsp3) is 0.167. The minimum absolute atomic E-state index is 0.0696. The van der Waals surface area contributed by atoms with Crippen LogP contribution in [0.15, 0.2) is 66.2 Å². The monoisotopic (exact) mass is 327 g/mol. The lowest BCUT2D eigenvalue weighted by molar-refractivity contribution is 0.143. The average molecular weight is 327 g/mol. The van der Waals surface area contributed by atoms with E-state index in [0.29, 0.717) is 11.8 Å². The van der Waals surface area contributed by atoms with E-state index >= 15 is 0 Å². The summed E-state index contributed by atoms with van der Waals surface area (Å²) in [6, 6.07) is 17.2. The molecule has 1 heterocycles. The zero-order valence-electron chi connectivity index (χ0n) is 12.7. The summed E-state index contributed by atoms with van der Waals surface area (Å²) in [5.41, 5.74) is 0. The number of ether oxygens (including phenoxy) is 3. The van der Waals surface area contributed by atoms with Crippen LogP contribution in [-0.4, -0.2) is 17.7 Å². The molecule has 118 valence electrons. The van der Waals surface area contributed by atoms with Gasteiger partial charge in [0.15, 0.2) is 0 Å². The molecular weight excluding hydrogens is 310 g/mol. The van der Waals surface area contributed by atoms with Gasteiger partial charge < -0.3 is 14.2 Å². The molecule has 0 aliphatic heterocycles. The minimum atomic E-state index is -0.0696. The molecule has 0 bridgehead atoms. The van der Waals surface area contributed by atoms with Gasteiger partial charge >= 0.3 is 0 Å². The maximum atomic E-state index is 5.81. The molecule has 0 spiro atoms. The molecule has 0 saturated carbocycles. The molecule has 0 saturated heterocycles. The third kappa shape index (κ3) is 4.72. The van der Waals surface area contributed by atoms with Crippen molar-refractivity contribution < 1.29 is 14.2 Å². The van der Waals surface area contributed by atoms with Crippen LogP contribution in [0, 0.1) is 0 Å². The van der Waals surface area contributed by atoms with E-state index in [1.54, 1.807) is 6.20 Å². The number of para-hydroxylation sites is 1. The van der Waals surface area contributed by atoms with Crippen molar-refractivity contribution in [3.05, 3.63) is 66.2 Å². The van der Waals surface area contributed by atoms with Crippen molar-refractivity contribution in [3.63, 3.8) is 0 Å². The number of aromatic nitrogens is 1. The second-order valence-electron chi connectivity index (χ2n) is 4.92. The summed E-state index contributed by atoms with van der Waals surface area (Å²) < 4.78 is 17.1. The first-order valence-corrected chi connectivity index (χ1v) is 8.19. The molecule has 3 aromatic rings. The number of thiazole rings is 1. The maximum absolute atomic E-state index is 5.81. The Hall–Kier alpha value is -2.53. The van der Waals surface area contributed by atoms with Crippen molar-refractivity contribution in [1.82, 2.24) is 4.98 Å². The molecule has 0 radical (unpaired) electrons. The molecule has 23 heavy (non-hydrogen) atoms. The van der Waals surface area contributed by atoms with Gasteiger partial charge in [0.1, 0.15) is 30.0 Å². The van der Waals surface area contributed by atoms with E-state index < -0.39 is 0 Å². The second kappa shape index (κ2) is 7.65. The van der Waals surface area contributed by atoms with Crippen LogP contribution in [0.25, 0.3) is 0 Å². The highest BCUT2D eigenvalue weighted by atomic mass is 32.1. The Morgan fingerprint density at radius 3 is 2.35 bits per heavy atom. The molecule has 1 aromatic heterocycles. The molecule has 4 nitrogen and oxygen atoms in total. The molecule has 2 aromatic carbocycles. The van der Waals surface area contributed by atoms with Crippen molar-refractivity contribution in [2.75, 3.05) is 6.61 Å². The van der Waals surface area contributed by atoms with E-state index in [0.717, 1.165) is 17.2 Å². The first kappa shape index (κ1) is 15.4. The van der Waals surface area contributed by atoms with Crippen molar-refractivity contribution >= 4 is 11.3 Å². The summed E-state index contributed by atoms with van der Waals surface area (Å²) in [5.74, 6) is 2.36. The summed E-state index contributed by atoms with van der Waals surface area (Å²) >= 11 is 1.47. The van der Waals surface area contributed by atoms with Gasteiger partial charge in [-0.25, -0.2) is 4.98 Å². The Balaban J connectivity index is 1.50. The Labute approximate surface area is 139 Å². The lowest BCUT2D eigenvalue weighted by Gasteiger charge is -2.15. The van der Waals surface area contributed by atoms with Gasteiger partial charge in [-0.2, -0.15) is 0 Å². The largest absolute Gasteiger partial charge is 0.487 e. The standard InChI is InChI=1S/C18H17NO3S/c1-14(13-20-18-19-11-12-23-18)21-16-7-9-17(10-8-16)22-15-5-3-2-4-6-15/h2-12,14H,13H2,1H3. The summed E-state index contributed by atoms with van der Waals surface area (Å²) in [6.45, 7) is 2.41. The minimum Gasteiger partial charge on any atom is -0.487 e. The van der Waals surface area contributed by atoms with Crippen LogP contribution >= 0.6 is 11.3 Å². The van der Waals surface area contributed by atoms with Gasteiger partial charge in [0.05, 0.1) is 0 Å². The summed E-state index contributed by atoms with van der Waals surface area (Å²) in [7, 11) is 0. The molecule has 0 aliphatic carbocycles. The highest BCUT2D eigenvalue weighted by molar-refractivity contribution is 7.11. The zero-order valence-corrected chi connectivity index (χ0v) is 13.5. The Morgan fingerprint density at radius 2 is 1.65 bits per heavy atom. The van der Waals surface area contributed by atoms with E-state index in [9.17, 15) is 0 Å². The quantitative estimate of drug-likeness (QED) is 0.626. The predicted molar refractivity (Wildman–Crippen MR) is 90.7 cm³/mol. The second-order valence-corrected chi connectivity index (χ2v) is 5.78. The molecule has 5 heteroatoms. The summed E-state index contributed by atoms with van der Waals surface area (Å²) in [5, 5.41) is 2.54. The number of rotatable bonds is 7. The van der Waals surface area contributed by atoms with E-state index in [4.69, 9.17) is 14.2 Å². The topological polar surface area (TPSA) is 40.6 Å². The molecule has 3 rings (SSSR count). The van der Waals surface area contributed by atoms with Crippen LogP contribution < -0.4 is 14.2 Å². The van der Waals surface area contributed by atoms with Gasteiger partial charge in [-0.1, -0.05) is 29.5 Å². The highest BCUT2D eigenvalue weighted by Crippen LogP contribution is 2.24. The Bertz CT molecular complexity index is 699. The molecule has 0 N–H and O–H groups in total. The first-order chi connectivity index (χ1) is 11.3. The average Bonchev–Trinajstić information content (AvgIpc) is 3.09. The normalized spacial score (nSPS) is 11.7. The van der Waals surface area contributed by atoms with Gasteiger partial charge in [0, 0.05) is 11.6 Å². The smallest absolute Gasteiger partial charge is 0.273 e. The number of nitrogens with zero attached hydrogens (tertiary/aromatic N) is 1. The van der Waals surface area contributed by atoms with Crippen molar-refractivity contribution in [1.29, 1.82) is 0 Å². The van der Waals surface area contributed by atoms with Crippen LogP contribution in [0.5, 0.6) is 22.4 Å². The third-order valence-electron chi connectivity index (χ3n) is 2.99. The fourth-order valence-corrected chi connectivity index (χ4v) is 2.44. The Morgan fingerprint density at radius 1 is 0.957 bits per heavy atom. The van der Waals surface area contributed by atoms with Crippen LogP contribution in [0.2, 0.25) is 0 Å². The van der Waals surface area contributed by atoms with E-state index in [2.05, 4.69) is 4.98 Å². The SMILES string of the molecule is CC(COc1nccs1)Oc1ccc(Oc2ccccc2)cc1. The van der Waals surface area contributed by atoms with Gasteiger partial charge in [-0.15, -0.1) is 0 Å². The summed E-state index contributed by atoms with van der Waals surface area (Å²) in [4.78, 5) is 4.07. The maximum Gasteiger partial charge on any atom is 0.273 e. The molecule has 0 aliphatic rings. The predicted octanol–water partition coefficient (Wildman–Crippen LogP) is 4.78. The molecule has 1 atom stereocenters. The molecule has 0 fully saturated rings. The highest BCUT2D eigenvalue weighted by Gasteiger charge is 2.07. The van der Waals surface area contributed by atoms with Crippen molar-refractivity contribution in [3.8, 4) is 22.4 Å². The van der Waals surface area contributed by atoms with Crippen LogP contribution in [0.1, 0.15) is 6.92 Å². The van der Waals surface area contributed by atoms with Gasteiger partial charge in [0.2, 0.25) is 0 Å². The lowest BCUT2D eigenvalue weighted by atomic mass is 10.3. The number of hydrogen-bond acceptors (Lipinski definition) is 5. The van der Waals surface area contributed by atoms with Gasteiger partial charge in [-0.3, -0.25) is 0 Å². The third-order valence-corrected chi connectivity index (χ3v) is 3.67. The fourth-order valence-electron chi connectivity index (χ4n) is 1.95. The van der Waals surface area contributed by atoms with Crippen LogP contribution in [0.4, 0.5) is 0 Å². The zero-order chi connectivity index (χ0) is 15.9. The summed E-state index contributed by atoms with van der Waals surface area (Å²) in [6.07, 6.45) is 1.65. The molecule has 0 amide bonds. The van der Waals surface area contributed by atoms with E-state index in [1.807, 2.05) is 66.9 Å². The lowest BCUT2D eigenvalue weighted by Crippen LogP contribution is -2.20. The van der Waals surface area contributed by atoms with Crippen LogP contribution in [0.3, 0.4) is 0 Å². The van der Waals surface area contributed by atoms with Gasteiger partial charge in [0.25, 0.3) is 5.19 Å². The van der Waals surface area contributed by atoms with E-state index in [-0.39, 0.29) is 6.10 Å². The van der Waals surface area contributed by atoms with Crippen LogP contribution in [-0.2, 0) is 0 Å². The number of hydrogen-bond donors (Lipinski definition) is 0. The van der Waals surface area contributed by atoms with Crippen molar-refractivity contribution in [2.45, 2.75) is 13.0 Å². The first-order valence-electron chi connectivity index (χ1n) is 7.31. The van der Waals surface area contributed by atoms with E-state index in [1.165, 1.54) is 11.3 Å². The van der Waals surface area contributed by atoms with Gasteiger partial charge in [-0.05, 0) is 43.3 Å². The van der Waals surface area contributed by atoms with Crippen molar-refractivity contribution in [2.24, 2.45) is 0 Å². The molecular formula is C18H17NO3S. The molecule has 1 unspecified atom stereocenters.